The van der Waals surface area contributed by atoms with Crippen LogP contribution >= 0.6 is 0 Å². The van der Waals surface area contributed by atoms with Gasteiger partial charge < -0.3 is 10.1 Å². The number of carbonyl (C=O) groups excluding carboxylic acids is 2. The minimum absolute atomic E-state index is 0.00690. The quantitative estimate of drug-likeness (QED) is 0.720. The molecule has 1 aliphatic carbocycles. The van der Waals surface area contributed by atoms with Crippen molar-refractivity contribution in [3.8, 4) is 0 Å². The smallest absolute Gasteiger partial charge is 0.328 e. The third-order valence-corrected chi connectivity index (χ3v) is 5.90. The Morgan fingerprint density at radius 1 is 1.04 bits per heavy atom. The van der Waals surface area contributed by atoms with Crippen molar-refractivity contribution < 1.29 is 22.7 Å². The van der Waals surface area contributed by atoms with Gasteiger partial charge in [0.25, 0.3) is 10.0 Å². The van der Waals surface area contributed by atoms with Gasteiger partial charge in [0.1, 0.15) is 0 Å². The third kappa shape index (κ3) is 7.21. The van der Waals surface area contributed by atoms with E-state index in [1.165, 1.54) is 30.7 Å². The maximum Gasteiger partial charge on any atom is 0.328 e. The maximum absolute atomic E-state index is 12.4. The fraction of sp³-hybridized carbons (Fsp3) is 0.579. The van der Waals surface area contributed by atoms with Crippen LogP contribution in [0.25, 0.3) is 0 Å². The van der Waals surface area contributed by atoms with Gasteiger partial charge in [-0.2, -0.15) is 0 Å². The summed E-state index contributed by atoms with van der Waals surface area (Å²) in [5, 5.41) is 2.77. The molecule has 0 saturated heterocycles. The van der Waals surface area contributed by atoms with Gasteiger partial charge in [-0.3, -0.25) is 4.79 Å². The Labute approximate surface area is 160 Å². The highest BCUT2D eigenvalue weighted by atomic mass is 32.2. The van der Waals surface area contributed by atoms with Crippen LogP contribution in [0, 0.1) is 0 Å². The summed E-state index contributed by atoms with van der Waals surface area (Å²) in [4.78, 5) is 23.6. The largest absolute Gasteiger partial charge is 0.466 e. The summed E-state index contributed by atoms with van der Waals surface area (Å²) in [5.41, 5.74) is 0.645. The van der Waals surface area contributed by atoms with Crippen molar-refractivity contribution in [3.05, 3.63) is 29.8 Å². The van der Waals surface area contributed by atoms with Crippen molar-refractivity contribution in [2.24, 2.45) is 0 Å². The van der Waals surface area contributed by atoms with E-state index in [9.17, 15) is 18.0 Å². The molecule has 1 aromatic carbocycles. The van der Waals surface area contributed by atoms with Crippen LogP contribution in [0.2, 0.25) is 0 Å². The summed E-state index contributed by atoms with van der Waals surface area (Å²) in [7, 11) is -3.96. The van der Waals surface area contributed by atoms with E-state index in [0.29, 0.717) is 12.2 Å². The molecule has 0 bridgehead atoms. The van der Waals surface area contributed by atoms with Gasteiger partial charge in [0, 0.05) is 6.04 Å². The molecule has 8 heteroatoms. The van der Waals surface area contributed by atoms with E-state index in [-0.39, 0.29) is 23.3 Å². The fourth-order valence-corrected chi connectivity index (χ4v) is 4.08. The van der Waals surface area contributed by atoms with Crippen molar-refractivity contribution in [1.29, 1.82) is 0 Å². The van der Waals surface area contributed by atoms with Gasteiger partial charge >= 0.3 is 12.0 Å². The van der Waals surface area contributed by atoms with Gasteiger partial charge in [0.15, 0.2) is 0 Å². The van der Waals surface area contributed by atoms with Crippen LogP contribution in [0.5, 0.6) is 0 Å². The molecule has 7 nitrogen and oxygen atoms in total. The van der Waals surface area contributed by atoms with Gasteiger partial charge in [0.05, 0.1) is 17.9 Å². The Morgan fingerprint density at radius 3 is 2.22 bits per heavy atom. The summed E-state index contributed by atoms with van der Waals surface area (Å²) in [6.45, 7) is 2.02. The number of benzene rings is 1. The lowest BCUT2D eigenvalue weighted by molar-refractivity contribution is -0.142. The first kappa shape index (κ1) is 21.2. The minimum Gasteiger partial charge on any atom is -0.466 e. The Balaban J connectivity index is 1.92. The molecular weight excluding hydrogens is 368 g/mol. The van der Waals surface area contributed by atoms with E-state index >= 15 is 0 Å². The second-order valence-electron chi connectivity index (χ2n) is 6.75. The molecule has 1 aromatic rings. The Hall–Kier alpha value is -2.09. The van der Waals surface area contributed by atoms with Gasteiger partial charge in [0.2, 0.25) is 0 Å². The summed E-state index contributed by atoms with van der Waals surface area (Å²) < 4.78 is 31.7. The van der Waals surface area contributed by atoms with Crippen LogP contribution in [0.1, 0.15) is 57.4 Å². The number of rotatable bonds is 6. The molecule has 27 heavy (non-hydrogen) atoms. The second kappa shape index (κ2) is 10.3. The van der Waals surface area contributed by atoms with Crippen molar-refractivity contribution in [3.63, 3.8) is 0 Å². The number of ether oxygens (including phenoxy) is 1. The van der Waals surface area contributed by atoms with E-state index in [0.717, 1.165) is 38.5 Å². The van der Waals surface area contributed by atoms with Crippen LogP contribution in [0.4, 0.5) is 4.79 Å². The lowest BCUT2D eigenvalue weighted by Gasteiger charge is -2.21. The summed E-state index contributed by atoms with van der Waals surface area (Å²) in [5.74, 6) is -0.371. The van der Waals surface area contributed by atoms with Crippen molar-refractivity contribution >= 4 is 22.0 Å². The van der Waals surface area contributed by atoms with Crippen molar-refractivity contribution in [1.82, 2.24) is 10.0 Å². The third-order valence-electron chi connectivity index (χ3n) is 4.55. The first-order valence-electron chi connectivity index (χ1n) is 9.48. The predicted octanol–water partition coefficient (Wildman–Crippen LogP) is 2.89. The number of esters is 1. The number of nitrogens with one attached hydrogen (secondary N) is 2. The molecule has 2 amide bonds. The highest BCUT2D eigenvalue weighted by Gasteiger charge is 2.20. The number of urea groups is 1. The molecule has 1 fully saturated rings. The molecule has 0 aromatic heterocycles. The zero-order valence-electron chi connectivity index (χ0n) is 15.7. The van der Waals surface area contributed by atoms with E-state index < -0.39 is 16.1 Å². The molecule has 0 atom stereocenters. The standard InChI is InChI=1S/C19H28N2O5S/c1-2-26-18(22)14-15-10-12-17(13-11-15)27(24,25)21-19(23)20-16-8-6-4-3-5-7-9-16/h10-13,16H,2-9,14H2,1H3,(H2,20,21,23). The summed E-state index contributed by atoms with van der Waals surface area (Å²) in [6.07, 6.45) is 7.42. The van der Waals surface area contributed by atoms with Crippen LogP contribution in [-0.4, -0.2) is 33.1 Å². The molecule has 1 aliphatic rings. The molecule has 0 radical (unpaired) electrons. The molecule has 1 saturated carbocycles. The lowest BCUT2D eigenvalue weighted by Crippen LogP contribution is -2.44. The molecule has 0 unspecified atom stereocenters. The fourth-order valence-electron chi connectivity index (χ4n) is 3.16. The normalized spacial score (nSPS) is 16.0. The SMILES string of the molecule is CCOC(=O)Cc1ccc(S(=O)(=O)NC(=O)NC2CCCCCCC2)cc1. The molecule has 2 N–H and O–H groups in total. The average Bonchev–Trinajstić information content (AvgIpc) is 2.57. The maximum atomic E-state index is 12.4. The Morgan fingerprint density at radius 2 is 1.63 bits per heavy atom. The topological polar surface area (TPSA) is 102 Å². The van der Waals surface area contributed by atoms with Crippen LogP contribution < -0.4 is 10.0 Å². The molecular formula is C19H28N2O5S. The minimum atomic E-state index is -3.96. The average molecular weight is 397 g/mol. The predicted molar refractivity (Wildman–Crippen MR) is 102 cm³/mol. The highest BCUT2D eigenvalue weighted by Crippen LogP contribution is 2.17. The number of sulfonamides is 1. The highest BCUT2D eigenvalue weighted by molar-refractivity contribution is 7.90. The van der Waals surface area contributed by atoms with E-state index in [2.05, 4.69) is 10.0 Å². The first-order valence-corrected chi connectivity index (χ1v) is 11.0. The van der Waals surface area contributed by atoms with Gasteiger partial charge in [-0.1, -0.05) is 44.2 Å². The number of amides is 2. The van der Waals surface area contributed by atoms with Crippen LogP contribution in [0.15, 0.2) is 29.2 Å². The number of carbonyl (C=O) groups is 2. The summed E-state index contributed by atoms with van der Waals surface area (Å²) in [6, 6.07) is 5.14. The van der Waals surface area contributed by atoms with Gasteiger partial charge in [-0.05, 0) is 37.5 Å². The van der Waals surface area contributed by atoms with Gasteiger partial charge in [-0.25, -0.2) is 17.9 Å². The number of hydrogen-bond acceptors (Lipinski definition) is 5. The molecule has 0 aliphatic heterocycles. The molecule has 0 spiro atoms. The van der Waals surface area contributed by atoms with E-state index in [4.69, 9.17) is 4.74 Å². The lowest BCUT2D eigenvalue weighted by atomic mass is 9.97. The second-order valence-corrected chi connectivity index (χ2v) is 8.43. The van der Waals surface area contributed by atoms with Crippen LogP contribution in [0.3, 0.4) is 0 Å². The first-order chi connectivity index (χ1) is 12.9. The van der Waals surface area contributed by atoms with Crippen molar-refractivity contribution in [2.45, 2.75) is 69.2 Å². The summed E-state index contributed by atoms with van der Waals surface area (Å²) >= 11 is 0. The monoisotopic (exact) mass is 396 g/mol. The molecule has 0 heterocycles. The van der Waals surface area contributed by atoms with Gasteiger partial charge in [-0.15, -0.1) is 0 Å². The Kier molecular flexibility index (Phi) is 8.09. The van der Waals surface area contributed by atoms with Crippen molar-refractivity contribution in [2.75, 3.05) is 6.61 Å². The molecule has 2 rings (SSSR count). The number of hydrogen-bond donors (Lipinski definition) is 2. The van der Waals surface area contributed by atoms with E-state index in [1.54, 1.807) is 6.92 Å². The Bertz CT molecular complexity index is 723. The molecule has 150 valence electrons. The van der Waals surface area contributed by atoms with Crippen LogP contribution in [-0.2, 0) is 26.0 Å². The van der Waals surface area contributed by atoms with E-state index in [1.807, 2.05) is 0 Å². The zero-order chi connectivity index (χ0) is 19.7. The zero-order valence-corrected chi connectivity index (χ0v) is 16.5.